The minimum Gasteiger partial charge on any atom is -0.481 e. The molecule has 7 rings (SSSR count). The van der Waals surface area contributed by atoms with Crippen LogP contribution in [0.5, 0.6) is 5.88 Å². The second-order valence-electron chi connectivity index (χ2n) is 12.6. The van der Waals surface area contributed by atoms with Crippen molar-refractivity contribution >= 4 is 11.8 Å². The van der Waals surface area contributed by atoms with Gasteiger partial charge in [-0.1, -0.05) is 38.8 Å². The Balaban J connectivity index is 1.34. The van der Waals surface area contributed by atoms with Crippen LogP contribution < -0.4 is 4.74 Å². The molecular formula is C32H35NO6. The van der Waals surface area contributed by atoms with Gasteiger partial charge in [0.15, 0.2) is 5.78 Å². The van der Waals surface area contributed by atoms with Crippen LogP contribution in [-0.2, 0) is 19.1 Å². The first-order valence-electron chi connectivity index (χ1n) is 14.0. The van der Waals surface area contributed by atoms with E-state index >= 15 is 0 Å². The summed E-state index contributed by atoms with van der Waals surface area (Å²) >= 11 is 0. The molecule has 0 spiro atoms. The molecule has 1 saturated carbocycles. The minimum absolute atomic E-state index is 0.00540. The summed E-state index contributed by atoms with van der Waals surface area (Å²) in [5.74, 6) is 1.08. The highest BCUT2D eigenvalue weighted by Crippen LogP contribution is 2.72. The van der Waals surface area contributed by atoms with Crippen molar-refractivity contribution < 1.29 is 28.2 Å². The zero-order valence-electron chi connectivity index (χ0n) is 23.3. The Morgan fingerprint density at radius 3 is 2.62 bits per heavy atom. The number of aromatic nitrogens is 1. The summed E-state index contributed by atoms with van der Waals surface area (Å²) in [5, 5.41) is 0. The Morgan fingerprint density at radius 2 is 1.92 bits per heavy atom. The van der Waals surface area contributed by atoms with Gasteiger partial charge in [0.2, 0.25) is 5.88 Å². The van der Waals surface area contributed by atoms with Gasteiger partial charge in [0, 0.05) is 46.1 Å². The maximum atomic E-state index is 13.8. The van der Waals surface area contributed by atoms with E-state index in [2.05, 4.69) is 32.7 Å². The number of furan rings is 1. The fourth-order valence-corrected chi connectivity index (χ4v) is 9.55. The van der Waals surface area contributed by atoms with Gasteiger partial charge in [0.05, 0.1) is 24.9 Å². The predicted molar refractivity (Wildman–Crippen MR) is 143 cm³/mol. The van der Waals surface area contributed by atoms with Crippen LogP contribution in [0.2, 0.25) is 0 Å². The van der Waals surface area contributed by atoms with Crippen molar-refractivity contribution in [2.45, 2.75) is 71.7 Å². The normalized spacial score (nSPS) is 41.9. The summed E-state index contributed by atoms with van der Waals surface area (Å²) in [6.45, 7) is 10.6. The molecule has 2 aromatic rings. The third-order valence-corrected chi connectivity index (χ3v) is 11.1. The van der Waals surface area contributed by atoms with Crippen LogP contribution in [0.4, 0.5) is 0 Å². The van der Waals surface area contributed by atoms with Gasteiger partial charge in [-0.25, -0.2) is 4.98 Å². The van der Waals surface area contributed by atoms with Crippen molar-refractivity contribution in [1.29, 1.82) is 0 Å². The number of methoxy groups -OCH3 is 1. The van der Waals surface area contributed by atoms with Crippen molar-refractivity contribution in [3.63, 3.8) is 0 Å². The lowest BCUT2D eigenvalue weighted by atomic mass is 9.42. The monoisotopic (exact) mass is 529 g/mol. The van der Waals surface area contributed by atoms with E-state index in [1.807, 2.05) is 25.1 Å². The molecule has 2 aliphatic heterocycles. The van der Waals surface area contributed by atoms with E-state index < -0.39 is 22.3 Å². The lowest BCUT2D eigenvalue weighted by Crippen LogP contribution is -2.65. The van der Waals surface area contributed by atoms with Gasteiger partial charge >= 0.3 is 5.97 Å². The van der Waals surface area contributed by atoms with Gasteiger partial charge < -0.3 is 18.6 Å². The number of allylic oxidation sites excluding steroid dienone is 2. The van der Waals surface area contributed by atoms with Crippen molar-refractivity contribution in [1.82, 2.24) is 4.98 Å². The highest BCUT2D eigenvalue weighted by Gasteiger charge is 2.77. The first-order chi connectivity index (χ1) is 18.6. The lowest BCUT2D eigenvalue weighted by Gasteiger charge is -2.59. The largest absolute Gasteiger partial charge is 0.481 e. The summed E-state index contributed by atoms with van der Waals surface area (Å²) < 4.78 is 24.3. The van der Waals surface area contributed by atoms with E-state index in [1.165, 1.54) is 11.1 Å². The number of ether oxygens (including phenoxy) is 3. The molecule has 0 aromatic carbocycles. The predicted octanol–water partition coefficient (Wildman–Crippen LogP) is 5.66. The lowest BCUT2D eigenvalue weighted by molar-refractivity contribution is -0.186. The first-order valence-corrected chi connectivity index (χ1v) is 14.0. The molecule has 2 aromatic heterocycles. The number of hydrogen-bond donors (Lipinski definition) is 0. The van der Waals surface area contributed by atoms with Gasteiger partial charge in [-0.3, -0.25) is 9.59 Å². The van der Waals surface area contributed by atoms with E-state index in [0.717, 1.165) is 29.7 Å². The Bertz CT molecular complexity index is 1450. The molecule has 7 nitrogen and oxygen atoms in total. The fraction of sp³-hybridized carbons (Fsp3) is 0.531. The third kappa shape index (κ3) is 2.84. The molecule has 7 heteroatoms. The molecule has 0 unspecified atom stereocenters. The van der Waals surface area contributed by atoms with Gasteiger partial charge in [-0.15, -0.1) is 0 Å². The molecule has 0 radical (unpaired) electrons. The summed E-state index contributed by atoms with van der Waals surface area (Å²) in [4.78, 5) is 31.4. The van der Waals surface area contributed by atoms with Gasteiger partial charge in [-0.05, 0) is 50.0 Å². The van der Waals surface area contributed by atoms with E-state index in [-0.39, 0.29) is 41.7 Å². The van der Waals surface area contributed by atoms with Crippen molar-refractivity contribution in [2.24, 2.45) is 28.1 Å². The van der Waals surface area contributed by atoms with Gasteiger partial charge in [-0.2, -0.15) is 0 Å². The van der Waals surface area contributed by atoms with Crippen molar-refractivity contribution in [2.75, 3.05) is 7.11 Å². The second-order valence-corrected chi connectivity index (χ2v) is 12.6. The molecule has 0 bridgehead atoms. The van der Waals surface area contributed by atoms with Crippen molar-refractivity contribution in [3.05, 3.63) is 59.5 Å². The highest BCUT2D eigenvalue weighted by molar-refractivity contribution is 6.00. The molecule has 4 heterocycles. The zero-order chi connectivity index (χ0) is 27.5. The number of nitrogens with zero attached hydrogens (tertiary/aromatic N) is 1. The molecule has 0 amide bonds. The third-order valence-electron chi connectivity index (χ3n) is 11.1. The number of fused-ring (bicyclic) bond motifs is 4. The van der Waals surface area contributed by atoms with Crippen LogP contribution in [-0.4, -0.2) is 42.2 Å². The molecule has 2 saturated heterocycles. The average molecular weight is 530 g/mol. The summed E-state index contributed by atoms with van der Waals surface area (Å²) in [5.41, 5.74) is 2.57. The van der Waals surface area contributed by atoms with Crippen LogP contribution in [0, 0.1) is 28.1 Å². The standard InChI is InChI=1S/C32H35NO6/c1-7-21-31(4)22(34)10-12-30(3)27(31)26(39-29(30)35)28-32(21,5)24-16(2)19(14-20(24)38-28)18-11-13-37-25(18)17-8-9-23(36-6)33-15-17/h8-13,15,19-21,26-28H,7,14H2,1-6H3/t19-,20-,21-,26-,27+,28-,30-,31+,32-/m1/s1. The molecule has 3 aliphatic carbocycles. The number of carbonyl (C=O) groups is 2. The SMILES string of the molecule is CC[C@H]1[C@]2(C)C3=C(C)[C@H](c4ccoc4-c4ccc(OC)nc4)C[C@H]3O[C@@H]2[C@@H]2OC(=O)[C@]3(C)C=CC(=O)[C@@]1(C)[C@@H]23. The topological polar surface area (TPSA) is 87.9 Å². The summed E-state index contributed by atoms with van der Waals surface area (Å²) in [6.07, 6.45) is 7.69. The number of carbonyl (C=O) groups excluding carboxylic acids is 2. The van der Waals surface area contributed by atoms with Crippen LogP contribution in [0.1, 0.15) is 58.9 Å². The molecule has 5 aliphatic rings. The second kappa shape index (κ2) is 7.94. The van der Waals surface area contributed by atoms with E-state index in [1.54, 1.807) is 31.7 Å². The maximum Gasteiger partial charge on any atom is 0.316 e. The Hall–Kier alpha value is -3.19. The molecular weight excluding hydrogens is 494 g/mol. The molecule has 204 valence electrons. The number of rotatable bonds is 4. The maximum absolute atomic E-state index is 13.8. The molecule has 9 atom stereocenters. The molecule has 3 fully saturated rings. The number of esters is 1. The van der Waals surface area contributed by atoms with Crippen LogP contribution in [0.3, 0.4) is 0 Å². The Kier molecular flexibility index (Phi) is 5.05. The molecule has 0 N–H and O–H groups in total. The summed E-state index contributed by atoms with van der Waals surface area (Å²) in [6, 6.07) is 5.84. The van der Waals surface area contributed by atoms with E-state index in [4.69, 9.17) is 18.6 Å². The minimum atomic E-state index is -0.812. The number of pyridine rings is 1. The highest BCUT2D eigenvalue weighted by atomic mass is 16.6. The zero-order valence-corrected chi connectivity index (χ0v) is 23.3. The quantitative estimate of drug-likeness (QED) is 0.373. The number of ketones is 1. The fourth-order valence-electron chi connectivity index (χ4n) is 9.55. The molecule has 39 heavy (non-hydrogen) atoms. The van der Waals surface area contributed by atoms with Crippen molar-refractivity contribution in [3.8, 4) is 17.2 Å². The van der Waals surface area contributed by atoms with Gasteiger partial charge in [0.25, 0.3) is 0 Å². The Labute approximate surface area is 228 Å². The van der Waals surface area contributed by atoms with Crippen LogP contribution in [0.15, 0.2) is 58.4 Å². The van der Waals surface area contributed by atoms with Crippen LogP contribution >= 0.6 is 0 Å². The van der Waals surface area contributed by atoms with Gasteiger partial charge in [0.1, 0.15) is 18.0 Å². The van der Waals surface area contributed by atoms with Crippen LogP contribution in [0.25, 0.3) is 11.3 Å². The average Bonchev–Trinajstić information content (AvgIpc) is 3.65. The Morgan fingerprint density at radius 1 is 1.13 bits per heavy atom. The van der Waals surface area contributed by atoms with E-state index in [0.29, 0.717) is 5.88 Å². The summed E-state index contributed by atoms with van der Waals surface area (Å²) in [7, 11) is 1.60. The van der Waals surface area contributed by atoms with E-state index in [9.17, 15) is 9.59 Å². The number of hydrogen-bond acceptors (Lipinski definition) is 7. The smallest absolute Gasteiger partial charge is 0.316 e. The first kappa shape index (κ1) is 24.8.